The SMILES string of the molecule is Cc1c(Cl)cccc1NC(=O)C(NC(=O)c1ccccc1)c1ccccc1. The van der Waals surface area contributed by atoms with Gasteiger partial charge in [0.2, 0.25) is 0 Å². The van der Waals surface area contributed by atoms with Crippen molar-refractivity contribution in [1.29, 1.82) is 0 Å². The Morgan fingerprint density at radius 2 is 1.48 bits per heavy atom. The Morgan fingerprint density at radius 3 is 2.15 bits per heavy atom. The average molecular weight is 379 g/mol. The van der Waals surface area contributed by atoms with Crippen LogP contribution in [0.3, 0.4) is 0 Å². The van der Waals surface area contributed by atoms with Gasteiger partial charge >= 0.3 is 0 Å². The van der Waals surface area contributed by atoms with Gasteiger partial charge in [0.1, 0.15) is 6.04 Å². The lowest BCUT2D eigenvalue weighted by molar-refractivity contribution is -0.118. The van der Waals surface area contributed by atoms with Crippen LogP contribution >= 0.6 is 11.6 Å². The second kappa shape index (κ2) is 8.52. The van der Waals surface area contributed by atoms with Gasteiger partial charge in [-0.25, -0.2) is 0 Å². The molecule has 27 heavy (non-hydrogen) atoms. The van der Waals surface area contributed by atoms with E-state index in [-0.39, 0.29) is 11.8 Å². The molecule has 0 bridgehead atoms. The number of hydrogen-bond acceptors (Lipinski definition) is 2. The normalized spacial score (nSPS) is 11.5. The minimum atomic E-state index is -0.836. The summed E-state index contributed by atoms with van der Waals surface area (Å²) in [5, 5.41) is 6.26. The van der Waals surface area contributed by atoms with Crippen molar-refractivity contribution in [1.82, 2.24) is 5.32 Å². The molecule has 1 unspecified atom stereocenters. The predicted molar refractivity (Wildman–Crippen MR) is 108 cm³/mol. The molecule has 0 heterocycles. The van der Waals surface area contributed by atoms with Crippen molar-refractivity contribution in [2.75, 3.05) is 5.32 Å². The summed E-state index contributed by atoms with van der Waals surface area (Å²) in [6.07, 6.45) is 0. The molecule has 2 amide bonds. The van der Waals surface area contributed by atoms with Gasteiger partial charge in [-0.15, -0.1) is 0 Å². The van der Waals surface area contributed by atoms with Crippen molar-refractivity contribution in [3.05, 3.63) is 101 Å². The van der Waals surface area contributed by atoms with Crippen LogP contribution < -0.4 is 10.6 Å². The second-order valence-electron chi connectivity index (χ2n) is 6.08. The number of benzene rings is 3. The lowest BCUT2D eigenvalue weighted by Gasteiger charge is -2.20. The standard InChI is InChI=1S/C22H19ClN2O2/c1-15-18(23)13-8-14-19(15)24-22(27)20(16-9-4-2-5-10-16)25-21(26)17-11-6-3-7-12-17/h2-14,20H,1H3,(H,24,27)(H,25,26). The molecule has 0 saturated heterocycles. The first kappa shape index (κ1) is 18.7. The molecule has 136 valence electrons. The summed E-state index contributed by atoms with van der Waals surface area (Å²) in [5.41, 5.74) is 2.57. The first-order chi connectivity index (χ1) is 13.1. The highest BCUT2D eigenvalue weighted by Gasteiger charge is 2.24. The van der Waals surface area contributed by atoms with Gasteiger partial charge in [0.25, 0.3) is 11.8 Å². The van der Waals surface area contributed by atoms with E-state index in [4.69, 9.17) is 11.6 Å². The van der Waals surface area contributed by atoms with Gasteiger partial charge in [0, 0.05) is 16.3 Å². The summed E-state index contributed by atoms with van der Waals surface area (Å²) in [7, 11) is 0. The van der Waals surface area contributed by atoms with Gasteiger partial charge in [0.05, 0.1) is 0 Å². The molecular weight excluding hydrogens is 360 g/mol. The van der Waals surface area contributed by atoms with E-state index in [2.05, 4.69) is 10.6 Å². The van der Waals surface area contributed by atoms with E-state index in [1.807, 2.05) is 31.2 Å². The number of hydrogen-bond donors (Lipinski definition) is 2. The molecule has 0 aromatic heterocycles. The lowest BCUT2D eigenvalue weighted by atomic mass is 10.0. The van der Waals surface area contributed by atoms with Crippen LogP contribution in [0.15, 0.2) is 78.9 Å². The van der Waals surface area contributed by atoms with Gasteiger partial charge in [-0.2, -0.15) is 0 Å². The zero-order chi connectivity index (χ0) is 19.2. The Kier molecular flexibility index (Phi) is 5.89. The summed E-state index contributed by atoms with van der Waals surface area (Å²) >= 11 is 6.14. The Balaban J connectivity index is 1.87. The maximum absolute atomic E-state index is 13.0. The summed E-state index contributed by atoms with van der Waals surface area (Å²) < 4.78 is 0. The molecule has 0 spiro atoms. The van der Waals surface area contributed by atoms with Gasteiger partial charge in [-0.1, -0.05) is 66.2 Å². The van der Waals surface area contributed by atoms with Crippen LogP contribution in [-0.4, -0.2) is 11.8 Å². The van der Waals surface area contributed by atoms with E-state index in [0.717, 1.165) is 5.56 Å². The van der Waals surface area contributed by atoms with E-state index in [9.17, 15) is 9.59 Å². The molecule has 1 atom stereocenters. The molecule has 0 aliphatic rings. The molecular formula is C22H19ClN2O2. The van der Waals surface area contributed by atoms with Gasteiger partial charge in [0.15, 0.2) is 0 Å². The average Bonchev–Trinajstić information content (AvgIpc) is 2.70. The molecule has 3 aromatic rings. The molecule has 5 heteroatoms. The Morgan fingerprint density at radius 1 is 0.852 bits per heavy atom. The van der Waals surface area contributed by atoms with Gasteiger partial charge in [-0.05, 0) is 42.3 Å². The summed E-state index contributed by atoms with van der Waals surface area (Å²) in [5.74, 6) is -0.654. The van der Waals surface area contributed by atoms with E-state index >= 15 is 0 Å². The van der Waals surface area contributed by atoms with Gasteiger partial charge < -0.3 is 10.6 Å². The molecule has 3 rings (SSSR count). The third kappa shape index (κ3) is 4.54. The van der Waals surface area contributed by atoms with Crippen LogP contribution in [0, 0.1) is 6.92 Å². The quantitative estimate of drug-likeness (QED) is 0.672. The van der Waals surface area contributed by atoms with Crippen LogP contribution in [-0.2, 0) is 4.79 Å². The molecule has 0 aliphatic carbocycles. The van der Waals surface area contributed by atoms with Crippen LogP contribution in [0.4, 0.5) is 5.69 Å². The number of carbonyl (C=O) groups excluding carboxylic acids is 2. The molecule has 0 fully saturated rings. The van der Waals surface area contributed by atoms with E-state index in [0.29, 0.717) is 21.8 Å². The minimum absolute atomic E-state index is 0.317. The van der Waals surface area contributed by atoms with Crippen molar-refractivity contribution in [2.24, 2.45) is 0 Å². The van der Waals surface area contributed by atoms with Crippen LogP contribution in [0.25, 0.3) is 0 Å². The molecule has 2 N–H and O–H groups in total. The van der Waals surface area contributed by atoms with E-state index in [1.54, 1.807) is 54.6 Å². The Hall–Kier alpha value is -3.11. The molecule has 3 aromatic carbocycles. The smallest absolute Gasteiger partial charge is 0.252 e. The number of nitrogens with one attached hydrogen (secondary N) is 2. The highest BCUT2D eigenvalue weighted by molar-refractivity contribution is 6.31. The third-order valence-electron chi connectivity index (χ3n) is 4.23. The van der Waals surface area contributed by atoms with Crippen molar-refractivity contribution in [3.63, 3.8) is 0 Å². The number of rotatable bonds is 5. The van der Waals surface area contributed by atoms with Crippen molar-refractivity contribution in [2.45, 2.75) is 13.0 Å². The first-order valence-electron chi connectivity index (χ1n) is 8.53. The summed E-state index contributed by atoms with van der Waals surface area (Å²) in [6.45, 7) is 1.83. The number of anilines is 1. The molecule has 0 radical (unpaired) electrons. The zero-order valence-corrected chi connectivity index (χ0v) is 15.5. The first-order valence-corrected chi connectivity index (χ1v) is 8.91. The predicted octanol–water partition coefficient (Wildman–Crippen LogP) is 4.76. The minimum Gasteiger partial charge on any atom is -0.336 e. The third-order valence-corrected chi connectivity index (χ3v) is 4.64. The van der Waals surface area contributed by atoms with E-state index in [1.165, 1.54) is 0 Å². The van der Waals surface area contributed by atoms with E-state index < -0.39 is 6.04 Å². The fourth-order valence-electron chi connectivity index (χ4n) is 2.70. The highest BCUT2D eigenvalue weighted by atomic mass is 35.5. The summed E-state index contributed by atoms with van der Waals surface area (Å²) in [6, 6.07) is 22.4. The maximum atomic E-state index is 13.0. The van der Waals surface area contributed by atoms with Crippen LogP contribution in [0.2, 0.25) is 5.02 Å². The highest BCUT2D eigenvalue weighted by Crippen LogP contribution is 2.24. The fourth-order valence-corrected chi connectivity index (χ4v) is 2.87. The van der Waals surface area contributed by atoms with Gasteiger partial charge in [-0.3, -0.25) is 9.59 Å². The van der Waals surface area contributed by atoms with Crippen molar-refractivity contribution < 1.29 is 9.59 Å². The monoisotopic (exact) mass is 378 g/mol. The summed E-state index contributed by atoms with van der Waals surface area (Å²) in [4.78, 5) is 25.6. The van der Waals surface area contributed by atoms with Crippen molar-refractivity contribution in [3.8, 4) is 0 Å². The Labute approximate surface area is 163 Å². The Bertz CT molecular complexity index is 943. The number of amides is 2. The second-order valence-corrected chi connectivity index (χ2v) is 6.49. The number of halogens is 1. The fraction of sp³-hybridized carbons (Fsp3) is 0.0909. The molecule has 0 aliphatic heterocycles. The van der Waals surface area contributed by atoms with Crippen LogP contribution in [0.1, 0.15) is 27.5 Å². The van der Waals surface area contributed by atoms with Crippen molar-refractivity contribution >= 4 is 29.1 Å². The molecule has 0 saturated carbocycles. The zero-order valence-electron chi connectivity index (χ0n) is 14.8. The topological polar surface area (TPSA) is 58.2 Å². The molecule has 4 nitrogen and oxygen atoms in total. The number of carbonyl (C=O) groups is 2. The largest absolute Gasteiger partial charge is 0.336 e. The maximum Gasteiger partial charge on any atom is 0.252 e. The lowest BCUT2D eigenvalue weighted by Crippen LogP contribution is -2.37. The van der Waals surface area contributed by atoms with Crippen LogP contribution in [0.5, 0.6) is 0 Å².